The molecule has 0 aliphatic carbocycles. The quantitative estimate of drug-likeness (QED) is 0.666. The fraction of sp³-hybridized carbons (Fsp3) is 0.900. The van der Waals surface area contributed by atoms with E-state index in [2.05, 4.69) is 12.2 Å². The summed E-state index contributed by atoms with van der Waals surface area (Å²) in [5.74, 6) is 1.01. The van der Waals surface area contributed by atoms with Crippen LogP contribution in [0.4, 0.5) is 0 Å². The lowest BCUT2D eigenvalue weighted by Gasteiger charge is -2.12. The molecule has 0 saturated heterocycles. The van der Waals surface area contributed by atoms with Crippen molar-refractivity contribution >= 4 is 17.5 Å². The first kappa shape index (κ1) is 13.7. The second kappa shape index (κ2) is 8.06. The summed E-state index contributed by atoms with van der Waals surface area (Å²) in [5, 5.41) is 2.80. The Morgan fingerprint density at radius 1 is 1.43 bits per heavy atom. The lowest BCUT2D eigenvalue weighted by molar-refractivity contribution is -0.127. The van der Waals surface area contributed by atoms with Gasteiger partial charge in [0.05, 0.1) is 6.10 Å². The molecule has 1 atom stereocenters. The molecule has 1 unspecified atom stereocenters. The Morgan fingerprint density at radius 2 is 2.07 bits per heavy atom. The maximum Gasteiger partial charge on any atom is 0.246 e. The fourth-order valence-corrected chi connectivity index (χ4v) is 1.24. The fourth-order valence-electron chi connectivity index (χ4n) is 0.870. The van der Waals surface area contributed by atoms with Crippen LogP contribution in [0, 0.1) is 5.92 Å². The van der Waals surface area contributed by atoms with Gasteiger partial charge in [-0.2, -0.15) is 0 Å². The third-order valence-electron chi connectivity index (χ3n) is 1.80. The van der Waals surface area contributed by atoms with Gasteiger partial charge in [-0.15, -0.1) is 11.6 Å². The summed E-state index contributed by atoms with van der Waals surface area (Å²) >= 11 is 5.58. The van der Waals surface area contributed by atoms with Crippen molar-refractivity contribution < 1.29 is 9.53 Å². The van der Waals surface area contributed by atoms with Gasteiger partial charge in [-0.05, 0) is 26.2 Å². The molecule has 0 aliphatic heterocycles. The van der Waals surface area contributed by atoms with E-state index in [1.165, 1.54) is 0 Å². The van der Waals surface area contributed by atoms with Gasteiger partial charge in [0.25, 0.3) is 0 Å². The molecule has 0 rings (SSSR count). The average molecular weight is 222 g/mol. The number of carbonyl (C=O) groups excluding carboxylic acids is 1. The highest BCUT2D eigenvalue weighted by Gasteiger charge is 2.05. The Bertz CT molecular complexity index is 162. The highest BCUT2D eigenvalue weighted by molar-refractivity contribution is 6.17. The Morgan fingerprint density at radius 3 is 2.57 bits per heavy atom. The van der Waals surface area contributed by atoms with Crippen molar-refractivity contribution in [3.8, 4) is 0 Å². The molecule has 4 heteroatoms. The summed E-state index contributed by atoms with van der Waals surface area (Å²) in [6.07, 6.45) is 1.02. The van der Waals surface area contributed by atoms with E-state index in [-0.39, 0.29) is 18.6 Å². The van der Waals surface area contributed by atoms with Gasteiger partial charge in [0.2, 0.25) is 5.91 Å². The van der Waals surface area contributed by atoms with Crippen LogP contribution in [0.15, 0.2) is 0 Å². The molecule has 0 aromatic heterocycles. The molecule has 0 saturated carbocycles. The van der Waals surface area contributed by atoms with Crippen LogP contribution >= 0.6 is 11.6 Å². The summed E-state index contributed by atoms with van der Waals surface area (Å²) in [6.45, 7) is 6.69. The van der Waals surface area contributed by atoms with Gasteiger partial charge in [0, 0.05) is 12.4 Å². The van der Waals surface area contributed by atoms with E-state index in [9.17, 15) is 4.79 Å². The lowest BCUT2D eigenvalue weighted by atomic mass is 10.1. The topological polar surface area (TPSA) is 38.3 Å². The predicted molar refractivity (Wildman–Crippen MR) is 58.6 cm³/mol. The number of amides is 1. The van der Waals surface area contributed by atoms with E-state index >= 15 is 0 Å². The first-order chi connectivity index (χ1) is 6.56. The summed E-state index contributed by atoms with van der Waals surface area (Å²) in [4.78, 5) is 11.2. The molecule has 0 spiro atoms. The molecule has 0 radical (unpaired) electrons. The van der Waals surface area contributed by atoms with Crippen molar-refractivity contribution in [1.82, 2.24) is 5.32 Å². The standard InChI is InChI=1S/C10H20ClNO2/c1-8(2)14-7-10(13)12-6-9(3)4-5-11/h8-9H,4-7H2,1-3H3,(H,12,13). The van der Waals surface area contributed by atoms with Gasteiger partial charge in [0.15, 0.2) is 0 Å². The van der Waals surface area contributed by atoms with Crippen molar-refractivity contribution in [2.24, 2.45) is 5.92 Å². The minimum Gasteiger partial charge on any atom is -0.369 e. The van der Waals surface area contributed by atoms with Crippen LogP contribution in [0.25, 0.3) is 0 Å². The summed E-state index contributed by atoms with van der Waals surface area (Å²) in [6, 6.07) is 0. The van der Waals surface area contributed by atoms with E-state index < -0.39 is 0 Å². The van der Waals surface area contributed by atoms with Gasteiger partial charge in [-0.3, -0.25) is 4.79 Å². The maximum absolute atomic E-state index is 11.2. The van der Waals surface area contributed by atoms with Crippen LogP contribution in [-0.2, 0) is 9.53 Å². The first-order valence-electron chi connectivity index (χ1n) is 5.00. The smallest absolute Gasteiger partial charge is 0.246 e. The van der Waals surface area contributed by atoms with Crippen molar-refractivity contribution in [2.45, 2.75) is 33.3 Å². The molecule has 84 valence electrons. The highest BCUT2D eigenvalue weighted by Crippen LogP contribution is 2.00. The number of ether oxygens (including phenoxy) is 1. The third-order valence-corrected chi connectivity index (χ3v) is 2.02. The first-order valence-corrected chi connectivity index (χ1v) is 5.54. The SMILES string of the molecule is CC(CCCl)CNC(=O)COC(C)C. The average Bonchev–Trinajstić information content (AvgIpc) is 2.12. The zero-order valence-electron chi connectivity index (χ0n) is 9.18. The minimum atomic E-state index is -0.0554. The second-order valence-corrected chi connectivity index (χ2v) is 4.12. The van der Waals surface area contributed by atoms with Gasteiger partial charge < -0.3 is 10.1 Å². The normalized spacial score (nSPS) is 12.9. The predicted octanol–water partition coefficient (Wildman–Crippen LogP) is 1.79. The zero-order valence-corrected chi connectivity index (χ0v) is 9.93. The Labute approximate surface area is 91.2 Å². The highest BCUT2D eigenvalue weighted by atomic mass is 35.5. The van der Waals surface area contributed by atoms with Crippen LogP contribution < -0.4 is 5.32 Å². The number of hydrogen-bond donors (Lipinski definition) is 1. The number of halogens is 1. The van der Waals surface area contributed by atoms with Crippen molar-refractivity contribution in [3.05, 3.63) is 0 Å². The molecule has 1 N–H and O–H groups in total. The minimum absolute atomic E-state index is 0.0554. The van der Waals surface area contributed by atoms with Crippen LogP contribution in [0.5, 0.6) is 0 Å². The number of hydrogen-bond acceptors (Lipinski definition) is 2. The van der Waals surface area contributed by atoms with Crippen LogP contribution in [-0.4, -0.2) is 31.0 Å². The van der Waals surface area contributed by atoms with Gasteiger partial charge in [-0.1, -0.05) is 6.92 Å². The Balaban J connectivity index is 3.43. The molecule has 14 heavy (non-hydrogen) atoms. The molecule has 0 heterocycles. The summed E-state index contributed by atoms with van der Waals surface area (Å²) < 4.78 is 5.16. The largest absolute Gasteiger partial charge is 0.369 e. The summed E-state index contributed by atoms with van der Waals surface area (Å²) in [5.41, 5.74) is 0. The van der Waals surface area contributed by atoms with Crippen LogP contribution in [0.1, 0.15) is 27.2 Å². The number of nitrogens with one attached hydrogen (secondary N) is 1. The molecule has 0 aromatic carbocycles. The van der Waals surface area contributed by atoms with Crippen LogP contribution in [0.3, 0.4) is 0 Å². The molecular weight excluding hydrogens is 202 g/mol. The number of alkyl halides is 1. The third kappa shape index (κ3) is 8.32. The molecule has 3 nitrogen and oxygen atoms in total. The van der Waals surface area contributed by atoms with E-state index in [0.717, 1.165) is 6.42 Å². The van der Waals surface area contributed by atoms with Crippen LogP contribution in [0.2, 0.25) is 0 Å². The maximum atomic E-state index is 11.2. The summed E-state index contributed by atoms with van der Waals surface area (Å²) in [7, 11) is 0. The number of rotatable bonds is 7. The molecular formula is C10H20ClNO2. The Hall–Kier alpha value is -0.280. The number of carbonyl (C=O) groups is 1. The molecule has 0 aliphatic rings. The molecule has 1 amide bonds. The molecule has 0 bridgehead atoms. The van der Waals surface area contributed by atoms with E-state index in [1.807, 2.05) is 13.8 Å². The van der Waals surface area contributed by atoms with E-state index in [1.54, 1.807) is 0 Å². The Kier molecular flexibility index (Phi) is 7.90. The van der Waals surface area contributed by atoms with E-state index in [0.29, 0.717) is 18.3 Å². The second-order valence-electron chi connectivity index (χ2n) is 3.75. The van der Waals surface area contributed by atoms with Gasteiger partial charge >= 0.3 is 0 Å². The lowest BCUT2D eigenvalue weighted by Crippen LogP contribution is -2.32. The van der Waals surface area contributed by atoms with Gasteiger partial charge in [-0.25, -0.2) is 0 Å². The van der Waals surface area contributed by atoms with Crippen molar-refractivity contribution in [3.63, 3.8) is 0 Å². The zero-order chi connectivity index (χ0) is 11.0. The van der Waals surface area contributed by atoms with Gasteiger partial charge in [0.1, 0.15) is 6.61 Å². The van der Waals surface area contributed by atoms with Crippen molar-refractivity contribution in [2.75, 3.05) is 19.0 Å². The molecule has 0 fully saturated rings. The molecule has 0 aromatic rings. The van der Waals surface area contributed by atoms with E-state index in [4.69, 9.17) is 16.3 Å². The van der Waals surface area contributed by atoms with Crippen molar-refractivity contribution in [1.29, 1.82) is 0 Å². The monoisotopic (exact) mass is 221 g/mol.